The number of hydrogen-bond donors (Lipinski definition) is 2. The van der Waals surface area contributed by atoms with E-state index in [0.717, 1.165) is 32.4 Å². The van der Waals surface area contributed by atoms with Gasteiger partial charge in [-0.25, -0.2) is 0 Å². The zero-order valence-corrected chi connectivity index (χ0v) is 10.4. The SMILES string of the molecule is CCCC(N)CC(=O)NCC1CCOC1C. The molecule has 0 bridgehead atoms. The number of ether oxygens (including phenoxy) is 1. The first-order valence-electron chi connectivity index (χ1n) is 6.27. The molecule has 1 saturated heterocycles. The quantitative estimate of drug-likeness (QED) is 0.714. The van der Waals surface area contributed by atoms with Crippen molar-refractivity contribution in [2.24, 2.45) is 11.7 Å². The predicted molar refractivity (Wildman–Crippen MR) is 64.0 cm³/mol. The van der Waals surface area contributed by atoms with Crippen LogP contribution in [0.5, 0.6) is 0 Å². The number of nitrogens with two attached hydrogens (primary N) is 1. The first kappa shape index (κ1) is 13.5. The molecular formula is C12H24N2O2. The summed E-state index contributed by atoms with van der Waals surface area (Å²) in [6, 6.07) is 0.00208. The van der Waals surface area contributed by atoms with Crippen molar-refractivity contribution in [2.75, 3.05) is 13.2 Å². The summed E-state index contributed by atoms with van der Waals surface area (Å²) in [5.74, 6) is 0.534. The van der Waals surface area contributed by atoms with Gasteiger partial charge in [-0.1, -0.05) is 13.3 Å². The number of rotatable bonds is 6. The van der Waals surface area contributed by atoms with E-state index in [-0.39, 0.29) is 18.1 Å². The number of carbonyl (C=O) groups excluding carboxylic acids is 1. The van der Waals surface area contributed by atoms with E-state index in [0.29, 0.717) is 12.3 Å². The zero-order valence-electron chi connectivity index (χ0n) is 10.4. The third kappa shape index (κ3) is 4.49. The third-order valence-electron chi connectivity index (χ3n) is 3.20. The summed E-state index contributed by atoms with van der Waals surface area (Å²) in [4.78, 5) is 11.6. The summed E-state index contributed by atoms with van der Waals surface area (Å²) < 4.78 is 5.44. The van der Waals surface area contributed by atoms with Crippen LogP contribution in [0.2, 0.25) is 0 Å². The Balaban J connectivity index is 2.14. The first-order chi connectivity index (χ1) is 7.63. The summed E-state index contributed by atoms with van der Waals surface area (Å²) in [6.07, 6.45) is 3.70. The summed E-state index contributed by atoms with van der Waals surface area (Å²) in [6.45, 7) is 5.68. The van der Waals surface area contributed by atoms with Gasteiger partial charge < -0.3 is 15.8 Å². The van der Waals surface area contributed by atoms with Gasteiger partial charge in [0.05, 0.1) is 6.10 Å². The topological polar surface area (TPSA) is 64.4 Å². The Morgan fingerprint density at radius 1 is 1.62 bits per heavy atom. The molecule has 1 aliphatic rings. The molecule has 3 N–H and O–H groups in total. The van der Waals surface area contributed by atoms with E-state index in [1.54, 1.807) is 0 Å². The molecule has 3 atom stereocenters. The van der Waals surface area contributed by atoms with Crippen LogP contribution in [-0.4, -0.2) is 31.2 Å². The van der Waals surface area contributed by atoms with E-state index in [2.05, 4.69) is 19.2 Å². The lowest BCUT2D eigenvalue weighted by molar-refractivity contribution is -0.121. The highest BCUT2D eigenvalue weighted by molar-refractivity contribution is 5.76. The Morgan fingerprint density at radius 2 is 2.38 bits per heavy atom. The van der Waals surface area contributed by atoms with Gasteiger partial charge >= 0.3 is 0 Å². The molecule has 16 heavy (non-hydrogen) atoms. The van der Waals surface area contributed by atoms with E-state index in [1.165, 1.54) is 0 Å². The highest BCUT2D eigenvalue weighted by Crippen LogP contribution is 2.19. The molecule has 0 aliphatic carbocycles. The average Bonchev–Trinajstić information content (AvgIpc) is 2.61. The van der Waals surface area contributed by atoms with Gasteiger partial charge in [0.1, 0.15) is 0 Å². The standard InChI is InChI=1S/C12H24N2O2/c1-3-4-11(13)7-12(15)14-8-10-5-6-16-9(10)2/h9-11H,3-8,13H2,1-2H3,(H,14,15). The Morgan fingerprint density at radius 3 is 2.94 bits per heavy atom. The van der Waals surface area contributed by atoms with Crippen LogP contribution in [0.25, 0.3) is 0 Å². The van der Waals surface area contributed by atoms with Crippen LogP contribution in [0, 0.1) is 5.92 Å². The third-order valence-corrected chi connectivity index (χ3v) is 3.20. The van der Waals surface area contributed by atoms with Gasteiger partial charge in [-0.05, 0) is 19.8 Å². The Bertz CT molecular complexity index is 221. The monoisotopic (exact) mass is 228 g/mol. The Hall–Kier alpha value is -0.610. The molecule has 0 saturated carbocycles. The van der Waals surface area contributed by atoms with Gasteiger partial charge in [-0.15, -0.1) is 0 Å². The van der Waals surface area contributed by atoms with Crippen molar-refractivity contribution >= 4 is 5.91 Å². The summed E-state index contributed by atoms with van der Waals surface area (Å²) in [5, 5.41) is 2.95. The number of amides is 1. The zero-order chi connectivity index (χ0) is 12.0. The predicted octanol–water partition coefficient (Wildman–Crippen LogP) is 1.05. The fourth-order valence-corrected chi connectivity index (χ4v) is 2.07. The van der Waals surface area contributed by atoms with E-state index in [1.807, 2.05) is 0 Å². The second-order valence-electron chi connectivity index (χ2n) is 4.68. The van der Waals surface area contributed by atoms with Gasteiger partial charge in [0, 0.05) is 31.5 Å². The molecule has 0 radical (unpaired) electrons. The Kier molecular flexibility index (Phi) is 5.77. The highest BCUT2D eigenvalue weighted by Gasteiger charge is 2.24. The maximum absolute atomic E-state index is 11.6. The second-order valence-corrected chi connectivity index (χ2v) is 4.68. The molecular weight excluding hydrogens is 204 g/mol. The number of nitrogens with one attached hydrogen (secondary N) is 1. The van der Waals surface area contributed by atoms with Crippen LogP contribution in [0.15, 0.2) is 0 Å². The molecule has 4 nitrogen and oxygen atoms in total. The minimum atomic E-state index is 0.00208. The van der Waals surface area contributed by atoms with Crippen LogP contribution in [0.1, 0.15) is 39.5 Å². The minimum Gasteiger partial charge on any atom is -0.378 e. The molecule has 1 heterocycles. The van der Waals surface area contributed by atoms with Crippen molar-refractivity contribution < 1.29 is 9.53 Å². The van der Waals surface area contributed by atoms with Gasteiger partial charge in [-0.2, -0.15) is 0 Å². The van der Waals surface area contributed by atoms with Gasteiger partial charge in [-0.3, -0.25) is 4.79 Å². The summed E-state index contributed by atoms with van der Waals surface area (Å²) >= 11 is 0. The Labute approximate surface area is 97.9 Å². The molecule has 0 aromatic rings. The normalized spacial score (nSPS) is 26.7. The van der Waals surface area contributed by atoms with Crippen molar-refractivity contribution in [1.29, 1.82) is 0 Å². The van der Waals surface area contributed by atoms with E-state index < -0.39 is 0 Å². The molecule has 0 aromatic carbocycles. The van der Waals surface area contributed by atoms with Crippen molar-refractivity contribution in [2.45, 2.75) is 51.7 Å². The first-order valence-corrected chi connectivity index (χ1v) is 6.27. The maximum atomic E-state index is 11.6. The summed E-state index contributed by atoms with van der Waals surface area (Å²) in [7, 11) is 0. The molecule has 4 heteroatoms. The maximum Gasteiger partial charge on any atom is 0.221 e. The van der Waals surface area contributed by atoms with E-state index in [9.17, 15) is 4.79 Å². The van der Waals surface area contributed by atoms with Crippen LogP contribution in [-0.2, 0) is 9.53 Å². The largest absolute Gasteiger partial charge is 0.378 e. The average molecular weight is 228 g/mol. The van der Waals surface area contributed by atoms with Crippen LogP contribution < -0.4 is 11.1 Å². The smallest absolute Gasteiger partial charge is 0.221 e. The van der Waals surface area contributed by atoms with E-state index >= 15 is 0 Å². The molecule has 1 rings (SSSR count). The van der Waals surface area contributed by atoms with Crippen molar-refractivity contribution in [3.63, 3.8) is 0 Å². The van der Waals surface area contributed by atoms with Crippen molar-refractivity contribution in [3.8, 4) is 0 Å². The second kappa shape index (κ2) is 6.86. The number of hydrogen-bond acceptors (Lipinski definition) is 3. The number of carbonyl (C=O) groups is 1. The van der Waals surface area contributed by atoms with Gasteiger partial charge in [0.2, 0.25) is 5.91 Å². The van der Waals surface area contributed by atoms with Crippen molar-refractivity contribution in [1.82, 2.24) is 5.32 Å². The molecule has 94 valence electrons. The van der Waals surface area contributed by atoms with Crippen LogP contribution in [0.4, 0.5) is 0 Å². The van der Waals surface area contributed by atoms with Crippen LogP contribution >= 0.6 is 0 Å². The summed E-state index contributed by atoms with van der Waals surface area (Å²) in [5.41, 5.74) is 5.81. The molecule has 1 fully saturated rings. The van der Waals surface area contributed by atoms with E-state index in [4.69, 9.17) is 10.5 Å². The lowest BCUT2D eigenvalue weighted by atomic mass is 10.0. The van der Waals surface area contributed by atoms with Crippen molar-refractivity contribution in [3.05, 3.63) is 0 Å². The molecule has 3 unspecified atom stereocenters. The van der Waals surface area contributed by atoms with Crippen LogP contribution in [0.3, 0.4) is 0 Å². The molecule has 0 aromatic heterocycles. The molecule has 1 aliphatic heterocycles. The molecule has 0 spiro atoms. The fourth-order valence-electron chi connectivity index (χ4n) is 2.07. The lowest BCUT2D eigenvalue weighted by Gasteiger charge is -2.16. The fraction of sp³-hybridized carbons (Fsp3) is 0.917. The van der Waals surface area contributed by atoms with Gasteiger partial charge in [0.15, 0.2) is 0 Å². The molecule has 1 amide bonds. The highest BCUT2D eigenvalue weighted by atomic mass is 16.5. The minimum absolute atomic E-state index is 0.00208. The lowest BCUT2D eigenvalue weighted by Crippen LogP contribution is -2.35. The van der Waals surface area contributed by atoms with Gasteiger partial charge in [0.25, 0.3) is 0 Å².